The van der Waals surface area contributed by atoms with Gasteiger partial charge in [0.1, 0.15) is 0 Å². The molecule has 104 valence electrons. The molecule has 2 unspecified atom stereocenters. The van der Waals surface area contributed by atoms with Crippen LogP contribution in [0, 0.1) is 5.92 Å². The number of nitrogens with one attached hydrogen (secondary N) is 1. The molecule has 1 aliphatic rings. The first kappa shape index (κ1) is 14.0. The molecule has 1 heterocycles. The SMILES string of the molecule is CCCC1CC1NS(=O)(=O)c1ccc(C(=O)O)cn1. The molecule has 0 bridgehead atoms. The summed E-state index contributed by atoms with van der Waals surface area (Å²) in [7, 11) is -3.64. The number of rotatable bonds is 6. The second-order valence-electron chi connectivity index (χ2n) is 4.70. The van der Waals surface area contributed by atoms with Gasteiger partial charge < -0.3 is 5.11 Å². The normalized spacial score (nSPS) is 22.2. The Balaban J connectivity index is 2.06. The number of hydrogen-bond acceptors (Lipinski definition) is 4. The van der Waals surface area contributed by atoms with Crippen LogP contribution in [0.15, 0.2) is 23.4 Å². The van der Waals surface area contributed by atoms with Gasteiger partial charge in [0.25, 0.3) is 10.0 Å². The molecule has 0 aliphatic heterocycles. The second-order valence-corrected chi connectivity index (χ2v) is 6.36. The molecule has 2 atom stereocenters. The van der Waals surface area contributed by atoms with Crippen LogP contribution in [0.4, 0.5) is 0 Å². The Bertz CT molecular complexity index is 568. The highest BCUT2D eigenvalue weighted by molar-refractivity contribution is 7.89. The van der Waals surface area contributed by atoms with Crippen LogP contribution in [-0.2, 0) is 10.0 Å². The van der Waals surface area contributed by atoms with Gasteiger partial charge in [0.2, 0.25) is 0 Å². The molecule has 0 aromatic carbocycles. The van der Waals surface area contributed by atoms with Crippen LogP contribution in [0.1, 0.15) is 36.5 Å². The van der Waals surface area contributed by atoms with Gasteiger partial charge in [0.15, 0.2) is 5.03 Å². The predicted molar refractivity (Wildman–Crippen MR) is 68.3 cm³/mol. The Hall–Kier alpha value is -1.47. The molecule has 1 aromatic rings. The van der Waals surface area contributed by atoms with Crippen molar-refractivity contribution < 1.29 is 18.3 Å². The Labute approximate surface area is 111 Å². The van der Waals surface area contributed by atoms with Crippen molar-refractivity contribution in [3.63, 3.8) is 0 Å². The summed E-state index contributed by atoms with van der Waals surface area (Å²) in [6.07, 6.45) is 3.96. The topological polar surface area (TPSA) is 96.4 Å². The highest BCUT2D eigenvalue weighted by atomic mass is 32.2. The highest BCUT2D eigenvalue weighted by Gasteiger charge is 2.39. The third-order valence-electron chi connectivity index (χ3n) is 3.15. The minimum atomic E-state index is -3.64. The number of aromatic nitrogens is 1. The number of hydrogen-bond donors (Lipinski definition) is 2. The van der Waals surface area contributed by atoms with Crippen LogP contribution >= 0.6 is 0 Å². The van der Waals surface area contributed by atoms with E-state index in [-0.39, 0.29) is 16.6 Å². The fourth-order valence-corrected chi connectivity index (χ4v) is 3.25. The van der Waals surface area contributed by atoms with Gasteiger partial charge in [0, 0.05) is 12.2 Å². The van der Waals surface area contributed by atoms with E-state index in [2.05, 4.69) is 16.6 Å². The third kappa shape index (κ3) is 3.30. The summed E-state index contributed by atoms with van der Waals surface area (Å²) in [4.78, 5) is 14.4. The number of aromatic carboxylic acids is 1. The standard InChI is InChI=1S/C12H16N2O4S/c1-2-3-8-6-10(8)14-19(17,18)11-5-4-9(7-13-11)12(15)16/h4-5,7-8,10,14H,2-3,6H2,1H3,(H,15,16). The maximum Gasteiger partial charge on any atom is 0.337 e. The Morgan fingerprint density at radius 3 is 2.79 bits per heavy atom. The number of pyridine rings is 1. The van der Waals surface area contributed by atoms with E-state index in [1.807, 2.05) is 0 Å². The fourth-order valence-electron chi connectivity index (χ4n) is 2.01. The average Bonchev–Trinajstić information content (AvgIpc) is 3.07. The molecule has 7 heteroatoms. The van der Waals surface area contributed by atoms with Crippen LogP contribution < -0.4 is 4.72 Å². The lowest BCUT2D eigenvalue weighted by atomic mass is 10.2. The summed E-state index contributed by atoms with van der Waals surface area (Å²) >= 11 is 0. The lowest BCUT2D eigenvalue weighted by Crippen LogP contribution is -2.27. The smallest absolute Gasteiger partial charge is 0.337 e. The molecule has 0 amide bonds. The van der Waals surface area contributed by atoms with Crippen molar-refractivity contribution in [1.82, 2.24) is 9.71 Å². The molecule has 19 heavy (non-hydrogen) atoms. The van der Waals surface area contributed by atoms with Gasteiger partial charge in [0.05, 0.1) is 5.56 Å². The van der Waals surface area contributed by atoms with Crippen LogP contribution in [0.25, 0.3) is 0 Å². The molecular weight excluding hydrogens is 268 g/mol. The molecule has 0 saturated heterocycles. The van der Waals surface area contributed by atoms with E-state index in [0.29, 0.717) is 5.92 Å². The maximum absolute atomic E-state index is 12.0. The summed E-state index contributed by atoms with van der Waals surface area (Å²) in [6, 6.07) is 2.44. The van der Waals surface area contributed by atoms with Crippen molar-refractivity contribution in [2.24, 2.45) is 5.92 Å². The quantitative estimate of drug-likeness (QED) is 0.819. The van der Waals surface area contributed by atoms with Crippen molar-refractivity contribution >= 4 is 16.0 Å². The van der Waals surface area contributed by atoms with Crippen LogP contribution in [0.3, 0.4) is 0 Å². The Morgan fingerprint density at radius 1 is 1.53 bits per heavy atom. The zero-order chi connectivity index (χ0) is 14.0. The number of nitrogens with zero attached hydrogens (tertiary/aromatic N) is 1. The van der Waals surface area contributed by atoms with Gasteiger partial charge in [-0.3, -0.25) is 0 Å². The molecule has 2 N–H and O–H groups in total. The van der Waals surface area contributed by atoms with E-state index in [1.165, 1.54) is 12.1 Å². The molecule has 1 saturated carbocycles. The molecule has 6 nitrogen and oxygen atoms in total. The number of carboxylic acid groups (broad SMARTS) is 1. The fraction of sp³-hybridized carbons (Fsp3) is 0.500. The molecule has 1 aromatic heterocycles. The summed E-state index contributed by atoms with van der Waals surface area (Å²) in [5.74, 6) is -0.715. The molecule has 1 fully saturated rings. The summed E-state index contributed by atoms with van der Waals surface area (Å²) in [6.45, 7) is 2.07. The van der Waals surface area contributed by atoms with Crippen molar-refractivity contribution in [3.05, 3.63) is 23.9 Å². The Morgan fingerprint density at radius 2 is 2.26 bits per heavy atom. The summed E-state index contributed by atoms with van der Waals surface area (Å²) in [5.41, 5.74) is -0.0331. The maximum atomic E-state index is 12.0. The van der Waals surface area contributed by atoms with Gasteiger partial charge in [-0.25, -0.2) is 22.9 Å². The van der Waals surface area contributed by atoms with Crippen LogP contribution in [-0.4, -0.2) is 30.5 Å². The molecule has 2 rings (SSSR count). The van der Waals surface area contributed by atoms with Gasteiger partial charge in [-0.1, -0.05) is 13.3 Å². The summed E-state index contributed by atoms with van der Waals surface area (Å²) in [5, 5.41) is 8.58. The molecule has 1 aliphatic carbocycles. The first-order valence-electron chi connectivity index (χ1n) is 6.15. The number of sulfonamides is 1. The van der Waals surface area contributed by atoms with Crippen molar-refractivity contribution in [1.29, 1.82) is 0 Å². The van der Waals surface area contributed by atoms with Gasteiger partial charge in [-0.15, -0.1) is 0 Å². The first-order valence-corrected chi connectivity index (χ1v) is 7.64. The average molecular weight is 284 g/mol. The number of carbonyl (C=O) groups is 1. The van der Waals surface area contributed by atoms with Gasteiger partial charge in [-0.05, 0) is 30.9 Å². The van der Waals surface area contributed by atoms with E-state index < -0.39 is 16.0 Å². The largest absolute Gasteiger partial charge is 0.478 e. The van der Waals surface area contributed by atoms with E-state index in [0.717, 1.165) is 25.5 Å². The van der Waals surface area contributed by atoms with E-state index in [1.54, 1.807) is 0 Å². The monoisotopic (exact) mass is 284 g/mol. The van der Waals surface area contributed by atoms with Gasteiger partial charge in [-0.2, -0.15) is 0 Å². The zero-order valence-corrected chi connectivity index (χ0v) is 11.4. The molecule has 0 spiro atoms. The summed E-state index contributed by atoms with van der Waals surface area (Å²) < 4.78 is 26.6. The Kier molecular flexibility index (Phi) is 3.86. The van der Waals surface area contributed by atoms with E-state index >= 15 is 0 Å². The second kappa shape index (κ2) is 5.26. The van der Waals surface area contributed by atoms with Crippen LogP contribution in [0.2, 0.25) is 0 Å². The predicted octanol–water partition coefficient (Wildman–Crippen LogP) is 1.25. The van der Waals surface area contributed by atoms with Crippen LogP contribution in [0.5, 0.6) is 0 Å². The van der Waals surface area contributed by atoms with Crippen molar-refractivity contribution in [2.45, 2.75) is 37.3 Å². The minimum absolute atomic E-state index is 0.00843. The molecular formula is C12H16N2O4S. The van der Waals surface area contributed by atoms with Gasteiger partial charge >= 0.3 is 5.97 Å². The third-order valence-corrected chi connectivity index (χ3v) is 4.55. The minimum Gasteiger partial charge on any atom is -0.478 e. The van der Waals surface area contributed by atoms with Crippen molar-refractivity contribution in [2.75, 3.05) is 0 Å². The number of carboxylic acids is 1. The molecule has 0 radical (unpaired) electrons. The first-order chi connectivity index (χ1) is 8.94. The lowest BCUT2D eigenvalue weighted by Gasteiger charge is -2.05. The van der Waals surface area contributed by atoms with E-state index in [4.69, 9.17) is 5.11 Å². The van der Waals surface area contributed by atoms with Crippen molar-refractivity contribution in [3.8, 4) is 0 Å². The van der Waals surface area contributed by atoms with E-state index in [9.17, 15) is 13.2 Å². The zero-order valence-electron chi connectivity index (χ0n) is 10.5. The highest BCUT2D eigenvalue weighted by Crippen LogP contribution is 2.35. The lowest BCUT2D eigenvalue weighted by molar-refractivity contribution is 0.0696.